The number of nitrogens with zero attached hydrogens (tertiary/aromatic N) is 2. The van der Waals surface area contributed by atoms with E-state index in [4.69, 9.17) is 4.74 Å². The summed E-state index contributed by atoms with van der Waals surface area (Å²) in [7, 11) is 0. The maximum absolute atomic E-state index is 12.8. The summed E-state index contributed by atoms with van der Waals surface area (Å²) in [6, 6.07) is 7.65. The fraction of sp³-hybridized carbons (Fsp3) is 0.400. The van der Waals surface area contributed by atoms with Gasteiger partial charge in [-0.3, -0.25) is 9.78 Å². The number of ether oxygens (including phenoxy) is 1. The zero-order valence-electron chi connectivity index (χ0n) is 14.7. The average Bonchev–Trinajstić information content (AvgIpc) is 2.62. The standard InChI is InChI=1S/C20H24N2O3/c1-14(2)4-3-11-25-15-5-6-17-16-7-8-21-13-18(16)20(24)22(9-10-23)19(17)12-15/h5-8,12-14,23H,3-4,9-11H2,1-2H3. The molecular formula is C20H24N2O3. The summed E-state index contributed by atoms with van der Waals surface area (Å²) in [4.78, 5) is 16.8. The molecule has 0 saturated carbocycles. The molecule has 0 unspecified atom stereocenters. The molecule has 0 atom stereocenters. The fourth-order valence-electron chi connectivity index (χ4n) is 3.11. The molecule has 0 saturated heterocycles. The number of rotatable bonds is 7. The van der Waals surface area contributed by atoms with Crippen LogP contribution in [-0.2, 0) is 6.54 Å². The third kappa shape index (κ3) is 3.66. The molecule has 0 bridgehead atoms. The molecule has 0 fully saturated rings. The van der Waals surface area contributed by atoms with Crippen molar-refractivity contribution in [2.75, 3.05) is 13.2 Å². The number of fused-ring (bicyclic) bond motifs is 3. The van der Waals surface area contributed by atoms with E-state index in [0.717, 1.165) is 34.9 Å². The number of aliphatic hydroxyl groups excluding tert-OH is 1. The number of benzene rings is 1. The van der Waals surface area contributed by atoms with Gasteiger partial charge in [0.05, 0.1) is 24.1 Å². The third-order valence-electron chi connectivity index (χ3n) is 4.36. The fourth-order valence-corrected chi connectivity index (χ4v) is 3.11. The van der Waals surface area contributed by atoms with E-state index in [2.05, 4.69) is 18.8 Å². The Morgan fingerprint density at radius 1 is 1.20 bits per heavy atom. The van der Waals surface area contributed by atoms with Crippen LogP contribution in [0.25, 0.3) is 21.7 Å². The third-order valence-corrected chi connectivity index (χ3v) is 4.36. The van der Waals surface area contributed by atoms with Gasteiger partial charge in [0, 0.05) is 30.4 Å². The second kappa shape index (κ2) is 7.66. The van der Waals surface area contributed by atoms with Crippen LogP contribution in [0.3, 0.4) is 0 Å². The molecule has 132 valence electrons. The highest BCUT2D eigenvalue weighted by Gasteiger charge is 2.11. The predicted octanol–water partition coefficient (Wildman–Crippen LogP) is 3.36. The lowest BCUT2D eigenvalue weighted by molar-refractivity contribution is 0.276. The minimum atomic E-state index is -0.137. The second-order valence-corrected chi connectivity index (χ2v) is 6.67. The van der Waals surface area contributed by atoms with Crippen LogP contribution in [0, 0.1) is 5.92 Å². The highest BCUT2D eigenvalue weighted by Crippen LogP contribution is 2.26. The van der Waals surface area contributed by atoms with Crippen LogP contribution in [0.2, 0.25) is 0 Å². The Morgan fingerprint density at radius 3 is 2.80 bits per heavy atom. The van der Waals surface area contributed by atoms with E-state index in [0.29, 0.717) is 17.9 Å². The Bertz CT molecular complexity index is 931. The van der Waals surface area contributed by atoms with Crippen molar-refractivity contribution in [1.29, 1.82) is 0 Å². The van der Waals surface area contributed by atoms with Crippen molar-refractivity contribution in [2.24, 2.45) is 5.92 Å². The zero-order chi connectivity index (χ0) is 17.8. The summed E-state index contributed by atoms with van der Waals surface area (Å²) in [6.07, 6.45) is 5.40. The molecule has 1 N–H and O–H groups in total. The van der Waals surface area contributed by atoms with Gasteiger partial charge in [0.1, 0.15) is 5.75 Å². The molecule has 0 radical (unpaired) electrons. The predicted molar refractivity (Wildman–Crippen MR) is 100 cm³/mol. The first-order valence-corrected chi connectivity index (χ1v) is 8.75. The number of hydrogen-bond acceptors (Lipinski definition) is 4. The normalized spacial score (nSPS) is 11.5. The Hall–Kier alpha value is -2.40. The van der Waals surface area contributed by atoms with Gasteiger partial charge < -0.3 is 14.4 Å². The molecule has 0 amide bonds. The van der Waals surface area contributed by atoms with Gasteiger partial charge in [-0.15, -0.1) is 0 Å². The Kier molecular flexibility index (Phi) is 5.34. The summed E-state index contributed by atoms with van der Waals surface area (Å²) in [6.45, 7) is 5.20. The molecular weight excluding hydrogens is 316 g/mol. The zero-order valence-corrected chi connectivity index (χ0v) is 14.7. The molecule has 0 spiro atoms. The van der Waals surface area contributed by atoms with Crippen LogP contribution in [0.5, 0.6) is 5.75 Å². The summed E-state index contributed by atoms with van der Waals surface area (Å²) in [5.41, 5.74) is 0.640. The second-order valence-electron chi connectivity index (χ2n) is 6.67. The van der Waals surface area contributed by atoms with Crippen molar-refractivity contribution in [3.63, 3.8) is 0 Å². The van der Waals surface area contributed by atoms with Crippen LogP contribution in [-0.4, -0.2) is 27.9 Å². The monoisotopic (exact) mass is 340 g/mol. The van der Waals surface area contributed by atoms with E-state index in [1.54, 1.807) is 17.0 Å². The van der Waals surface area contributed by atoms with Crippen LogP contribution in [0.15, 0.2) is 41.5 Å². The summed E-state index contributed by atoms with van der Waals surface area (Å²) in [5.74, 6) is 1.41. The number of aromatic nitrogens is 2. The number of aliphatic hydroxyl groups is 1. The lowest BCUT2D eigenvalue weighted by atomic mass is 10.1. The topological polar surface area (TPSA) is 64.3 Å². The number of hydrogen-bond donors (Lipinski definition) is 1. The summed E-state index contributed by atoms with van der Waals surface area (Å²) in [5, 5.41) is 11.8. The van der Waals surface area contributed by atoms with Gasteiger partial charge >= 0.3 is 0 Å². The maximum atomic E-state index is 12.8. The summed E-state index contributed by atoms with van der Waals surface area (Å²) >= 11 is 0. The van der Waals surface area contributed by atoms with E-state index in [-0.39, 0.29) is 18.7 Å². The van der Waals surface area contributed by atoms with E-state index < -0.39 is 0 Å². The van der Waals surface area contributed by atoms with Gasteiger partial charge in [-0.05, 0) is 42.3 Å². The Labute approximate surface area is 146 Å². The van der Waals surface area contributed by atoms with Crippen LogP contribution in [0.4, 0.5) is 0 Å². The molecule has 3 rings (SSSR count). The van der Waals surface area contributed by atoms with Crippen molar-refractivity contribution >= 4 is 21.7 Å². The van der Waals surface area contributed by atoms with Crippen molar-refractivity contribution in [3.05, 3.63) is 47.0 Å². The molecule has 0 aliphatic carbocycles. The molecule has 0 aliphatic rings. The van der Waals surface area contributed by atoms with Crippen LogP contribution >= 0.6 is 0 Å². The van der Waals surface area contributed by atoms with Crippen molar-refractivity contribution in [3.8, 4) is 5.75 Å². The molecule has 5 heteroatoms. The van der Waals surface area contributed by atoms with E-state index >= 15 is 0 Å². The van der Waals surface area contributed by atoms with Gasteiger partial charge in [-0.1, -0.05) is 13.8 Å². The van der Waals surface area contributed by atoms with E-state index in [9.17, 15) is 9.90 Å². The quantitative estimate of drug-likeness (QED) is 0.529. The van der Waals surface area contributed by atoms with Crippen molar-refractivity contribution in [2.45, 2.75) is 33.2 Å². The lowest BCUT2D eigenvalue weighted by Gasteiger charge is -2.14. The average molecular weight is 340 g/mol. The van der Waals surface area contributed by atoms with Gasteiger partial charge in [0.15, 0.2) is 0 Å². The van der Waals surface area contributed by atoms with E-state index in [1.165, 1.54) is 0 Å². The molecule has 3 aromatic rings. The van der Waals surface area contributed by atoms with E-state index in [1.807, 2.05) is 24.3 Å². The first-order chi connectivity index (χ1) is 12.1. The first kappa shape index (κ1) is 17.4. The number of pyridine rings is 2. The van der Waals surface area contributed by atoms with Gasteiger partial charge in [-0.25, -0.2) is 0 Å². The summed E-state index contributed by atoms with van der Waals surface area (Å²) < 4.78 is 7.46. The van der Waals surface area contributed by atoms with Gasteiger partial charge in [-0.2, -0.15) is 0 Å². The Balaban J connectivity index is 2.04. The minimum Gasteiger partial charge on any atom is -0.494 e. The lowest BCUT2D eigenvalue weighted by Crippen LogP contribution is -2.22. The molecule has 0 aliphatic heterocycles. The highest BCUT2D eigenvalue weighted by molar-refractivity contribution is 6.05. The molecule has 1 aromatic carbocycles. The maximum Gasteiger partial charge on any atom is 0.260 e. The van der Waals surface area contributed by atoms with Crippen LogP contribution in [0.1, 0.15) is 26.7 Å². The molecule has 25 heavy (non-hydrogen) atoms. The Morgan fingerprint density at radius 2 is 2.04 bits per heavy atom. The van der Waals surface area contributed by atoms with Crippen LogP contribution < -0.4 is 10.3 Å². The van der Waals surface area contributed by atoms with Gasteiger partial charge in [0.2, 0.25) is 0 Å². The highest BCUT2D eigenvalue weighted by atomic mass is 16.5. The van der Waals surface area contributed by atoms with Crippen molar-refractivity contribution in [1.82, 2.24) is 9.55 Å². The smallest absolute Gasteiger partial charge is 0.260 e. The van der Waals surface area contributed by atoms with Crippen molar-refractivity contribution < 1.29 is 9.84 Å². The largest absolute Gasteiger partial charge is 0.494 e. The molecule has 5 nitrogen and oxygen atoms in total. The molecule has 2 heterocycles. The SMILES string of the molecule is CC(C)CCCOc1ccc2c3ccncc3c(=O)n(CCO)c2c1. The molecule has 2 aromatic heterocycles. The van der Waals surface area contributed by atoms with Gasteiger partial charge in [0.25, 0.3) is 5.56 Å². The minimum absolute atomic E-state index is 0.0970. The first-order valence-electron chi connectivity index (χ1n) is 8.75.